The van der Waals surface area contributed by atoms with E-state index in [0.717, 1.165) is 6.20 Å². The molecule has 0 atom stereocenters. The van der Waals surface area contributed by atoms with Gasteiger partial charge in [0, 0.05) is 18.0 Å². The molecular formula is C13H11FN4O2. The molecule has 7 heteroatoms. The van der Waals surface area contributed by atoms with Crippen molar-refractivity contribution in [2.45, 2.75) is 6.54 Å². The van der Waals surface area contributed by atoms with Gasteiger partial charge in [-0.15, -0.1) is 0 Å². The second-order valence-electron chi connectivity index (χ2n) is 4.40. The summed E-state index contributed by atoms with van der Waals surface area (Å²) in [5.74, 6) is -1.40. The molecule has 0 saturated carbocycles. The van der Waals surface area contributed by atoms with Gasteiger partial charge in [-0.05, 0) is 6.07 Å². The Morgan fingerprint density at radius 3 is 2.80 bits per heavy atom. The summed E-state index contributed by atoms with van der Waals surface area (Å²) in [6.07, 6.45) is 2.69. The summed E-state index contributed by atoms with van der Waals surface area (Å²) >= 11 is 0. The summed E-state index contributed by atoms with van der Waals surface area (Å²) in [6, 6.07) is 5.25. The Hall–Kier alpha value is -2.70. The van der Waals surface area contributed by atoms with Crippen LogP contribution in [0.5, 0.6) is 0 Å². The number of fused-ring (bicyclic) bond motifs is 1. The van der Waals surface area contributed by atoms with Crippen molar-refractivity contribution >= 4 is 16.9 Å². The molecule has 0 spiro atoms. The Labute approximate surface area is 113 Å². The molecule has 0 amide bonds. The minimum absolute atomic E-state index is 0.235. The number of benzene rings is 1. The van der Waals surface area contributed by atoms with Crippen LogP contribution in [0.15, 0.2) is 30.6 Å². The van der Waals surface area contributed by atoms with Crippen molar-refractivity contribution in [1.82, 2.24) is 19.6 Å². The van der Waals surface area contributed by atoms with Crippen LogP contribution in [-0.4, -0.2) is 30.6 Å². The number of carbonyl (C=O) groups is 1. The van der Waals surface area contributed by atoms with Crippen molar-refractivity contribution in [3.63, 3.8) is 0 Å². The molecule has 20 heavy (non-hydrogen) atoms. The van der Waals surface area contributed by atoms with Crippen LogP contribution in [0.1, 0.15) is 0 Å². The first-order valence-corrected chi connectivity index (χ1v) is 5.92. The molecule has 3 rings (SSSR count). The van der Waals surface area contributed by atoms with Crippen molar-refractivity contribution in [3.8, 4) is 11.3 Å². The fourth-order valence-corrected chi connectivity index (χ4v) is 2.28. The lowest BCUT2D eigenvalue weighted by molar-refractivity contribution is -0.137. The van der Waals surface area contributed by atoms with E-state index in [-0.39, 0.29) is 6.54 Å². The number of halogens is 1. The lowest BCUT2D eigenvalue weighted by Gasteiger charge is -2.05. The Kier molecular flexibility index (Phi) is 2.74. The molecule has 1 aromatic carbocycles. The van der Waals surface area contributed by atoms with E-state index in [0.29, 0.717) is 22.2 Å². The lowest BCUT2D eigenvalue weighted by atomic mass is 10.1. The molecule has 0 unspecified atom stereocenters. The van der Waals surface area contributed by atoms with Crippen molar-refractivity contribution in [2.24, 2.45) is 7.05 Å². The van der Waals surface area contributed by atoms with E-state index in [4.69, 9.17) is 5.11 Å². The Morgan fingerprint density at radius 2 is 2.15 bits per heavy atom. The predicted molar refractivity (Wildman–Crippen MR) is 69.5 cm³/mol. The zero-order chi connectivity index (χ0) is 14.3. The van der Waals surface area contributed by atoms with Gasteiger partial charge in [0.2, 0.25) is 0 Å². The number of rotatable bonds is 3. The molecule has 0 bridgehead atoms. The largest absolute Gasteiger partial charge is 0.480 e. The van der Waals surface area contributed by atoms with Crippen LogP contribution in [0.25, 0.3) is 22.2 Å². The van der Waals surface area contributed by atoms with Crippen LogP contribution < -0.4 is 0 Å². The number of hydrogen-bond donors (Lipinski definition) is 1. The third-order valence-electron chi connectivity index (χ3n) is 3.12. The molecule has 3 aromatic rings. The predicted octanol–water partition coefficient (Wildman–Crippen LogP) is 1.66. The molecular weight excluding hydrogens is 263 g/mol. The van der Waals surface area contributed by atoms with Crippen LogP contribution in [0.3, 0.4) is 0 Å². The second-order valence-corrected chi connectivity index (χ2v) is 4.40. The van der Waals surface area contributed by atoms with E-state index in [2.05, 4.69) is 10.2 Å². The lowest BCUT2D eigenvalue weighted by Crippen LogP contribution is -2.09. The first-order valence-electron chi connectivity index (χ1n) is 5.92. The zero-order valence-electron chi connectivity index (χ0n) is 10.6. The normalized spacial score (nSPS) is 11.1. The van der Waals surface area contributed by atoms with E-state index in [9.17, 15) is 9.18 Å². The zero-order valence-corrected chi connectivity index (χ0v) is 10.6. The van der Waals surface area contributed by atoms with Gasteiger partial charge in [0.1, 0.15) is 12.2 Å². The molecule has 0 aliphatic rings. The molecule has 0 aliphatic carbocycles. The third kappa shape index (κ3) is 1.83. The standard InChI is InChI=1S/C13H11FN4O2/c1-17-13(10(14)6-15-17)8-3-2-4-11-9(8)5-16-18(11)7-12(19)20/h2-6H,7H2,1H3,(H,19,20). The van der Waals surface area contributed by atoms with E-state index >= 15 is 0 Å². The number of carboxylic acid groups (broad SMARTS) is 1. The van der Waals surface area contributed by atoms with Crippen LogP contribution in [0, 0.1) is 5.82 Å². The van der Waals surface area contributed by atoms with E-state index in [1.54, 1.807) is 31.4 Å². The number of aromatic nitrogens is 4. The summed E-state index contributed by atoms with van der Waals surface area (Å²) in [7, 11) is 1.65. The summed E-state index contributed by atoms with van der Waals surface area (Å²) in [5.41, 5.74) is 1.63. The van der Waals surface area contributed by atoms with Gasteiger partial charge >= 0.3 is 5.97 Å². The maximum absolute atomic E-state index is 13.8. The average Bonchev–Trinajstić information content (AvgIpc) is 2.94. The quantitative estimate of drug-likeness (QED) is 0.788. The average molecular weight is 274 g/mol. The molecule has 0 saturated heterocycles. The van der Waals surface area contributed by atoms with Crippen LogP contribution in [0.2, 0.25) is 0 Å². The maximum Gasteiger partial charge on any atom is 0.325 e. The highest BCUT2D eigenvalue weighted by atomic mass is 19.1. The molecule has 102 valence electrons. The van der Waals surface area contributed by atoms with Gasteiger partial charge in [0.25, 0.3) is 0 Å². The van der Waals surface area contributed by atoms with Crippen molar-refractivity contribution in [3.05, 3.63) is 36.4 Å². The Balaban J connectivity index is 2.23. The molecule has 0 radical (unpaired) electrons. The van der Waals surface area contributed by atoms with E-state index in [1.165, 1.54) is 9.36 Å². The topological polar surface area (TPSA) is 72.9 Å². The highest BCUT2D eigenvalue weighted by Gasteiger charge is 2.16. The van der Waals surface area contributed by atoms with Gasteiger partial charge in [-0.2, -0.15) is 10.2 Å². The molecule has 1 N–H and O–H groups in total. The van der Waals surface area contributed by atoms with Crippen LogP contribution in [0.4, 0.5) is 4.39 Å². The minimum atomic E-state index is -0.980. The molecule has 2 heterocycles. The third-order valence-corrected chi connectivity index (χ3v) is 3.12. The van der Waals surface area contributed by atoms with E-state index in [1.807, 2.05) is 0 Å². The first kappa shape index (κ1) is 12.3. The van der Waals surface area contributed by atoms with Crippen LogP contribution in [-0.2, 0) is 18.4 Å². The number of hydrogen-bond acceptors (Lipinski definition) is 3. The number of aryl methyl sites for hydroxylation is 1. The fraction of sp³-hybridized carbons (Fsp3) is 0.154. The van der Waals surface area contributed by atoms with E-state index < -0.39 is 11.8 Å². The van der Waals surface area contributed by atoms with Gasteiger partial charge < -0.3 is 5.11 Å². The van der Waals surface area contributed by atoms with Gasteiger partial charge in [-0.3, -0.25) is 14.2 Å². The number of carboxylic acids is 1. The van der Waals surface area contributed by atoms with Gasteiger partial charge in [0.05, 0.1) is 17.9 Å². The highest BCUT2D eigenvalue weighted by molar-refractivity contribution is 5.94. The Bertz CT molecular complexity index is 786. The SMILES string of the molecule is Cn1ncc(F)c1-c1cccc2c1cnn2CC(=O)O. The minimum Gasteiger partial charge on any atom is -0.480 e. The maximum atomic E-state index is 13.8. The second kappa shape index (κ2) is 4.44. The summed E-state index contributed by atoms with van der Waals surface area (Å²) < 4.78 is 16.6. The summed E-state index contributed by atoms with van der Waals surface area (Å²) in [6.45, 7) is -0.235. The van der Waals surface area contributed by atoms with Crippen molar-refractivity contribution < 1.29 is 14.3 Å². The van der Waals surface area contributed by atoms with Crippen LogP contribution >= 0.6 is 0 Å². The molecule has 2 aromatic heterocycles. The smallest absolute Gasteiger partial charge is 0.325 e. The molecule has 0 aliphatic heterocycles. The molecule has 0 fully saturated rings. The number of nitrogens with zero attached hydrogens (tertiary/aromatic N) is 4. The number of aliphatic carboxylic acids is 1. The van der Waals surface area contributed by atoms with Crippen molar-refractivity contribution in [2.75, 3.05) is 0 Å². The highest BCUT2D eigenvalue weighted by Crippen LogP contribution is 2.29. The molecule has 6 nitrogen and oxygen atoms in total. The Morgan fingerprint density at radius 1 is 1.35 bits per heavy atom. The fourth-order valence-electron chi connectivity index (χ4n) is 2.28. The van der Waals surface area contributed by atoms with Gasteiger partial charge in [0.15, 0.2) is 5.82 Å². The first-order chi connectivity index (χ1) is 9.58. The summed E-state index contributed by atoms with van der Waals surface area (Å²) in [4.78, 5) is 10.8. The van der Waals surface area contributed by atoms with Gasteiger partial charge in [-0.1, -0.05) is 12.1 Å². The summed E-state index contributed by atoms with van der Waals surface area (Å²) in [5, 5.41) is 17.5. The monoisotopic (exact) mass is 274 g/mol. The van der Waals surface area contributed by atoms with Crippen molar-refractivity contribution in [1.29, 1.82) is 0 Å². The van der Waals surface area contributed by atoms with Gasteiger partial charge in [-0.25, -0.2) is 4.39 Å².